The Kier molecular flexibility index (Phi) is 5.39. The quantitative estimate of drug-likeness (QED) is 0.632. The van der Waals surface area contributed by atoms with E-state index in [0.29, 0.717) is 11.2 Å². The van der Waals surface area contributed by atoms with Crippen molar-refractivity contribution in [1.29, 1.82) is 0 Å². The van der Waals surface area contributed by atoms with Crippen LogP contribution in [0.3, 0.4) is 0 Å². The number of likely N-dealkylation sites (N-methyl/N-ethyl adjacent to an activating group) is 1. The lowest BCUT2D eigenvalue weighted by Crippen LogP contribution is -2.37. The maximum Gasteiger partial charge on any atom is 0.340 e. The Labute approximate surface area is 161 Å². The molecule has 0 N–H and O–H groups in total. The number of benzene rings is 1. The average molecular weight is 384 g/mol. The minimum atomic E-state index is -0.989. The van der Waals surface area contributed by atoms with Gasteiger partial charge in [-0.1, -0.05) is 12.1 Å². The van der Waals surface area contributed by atoms with E-state index in [1.165, 1.54) is 30.2 Å². The summed E-state index contributed by atoms with van der Waals surface area (Å²) in [5.74, 6) is -1.40. The van der Waals surface area contributed by atoms with Crippen LogP contribution in [0.5, 0.6) is 0 Å². The van der Waals surface area contributed by atoms with Crippen LogP contribution in [0.1, 0.15) is 28.5 Å². The van der Waals surface area contributed by atoms with Gasteiger partial charge in [0, 0.05) is 32.2 Å². The molecule has 3 rings (SSSR count). The van der Waals surface area contributed by atoms with E-state index in [1.807, 2.05) is 6.92 Å². The molecule has 0 saturated carbocycles. The molecule has 146 valence electrons. The van der Waals surface area contributed by atoms with Crippen LogP contribution in [0.2, 0.25) is 0 Å². The number of nitrogens with zero attached hydrogens (tertiary/aromatic N) is 4. The number of carbonyl (C=O) groups is 2. The number of fused-ring (bicyclic) bond motifs is 1. The van der Waals surface area contributed by atoms with E-state index < -0.39 is 12.1 Å². The molecule has 7 nitrogen and oxygen atoms in total. The van der Waals surface area contributed by atoms with E-state index in [-0.39, 0.29) is 23.8 Å². The van der Waals surface area contributed by atoms with Crippen molar-refractivity contribution in [2.24, 2.45) is 7.05 Å². The van der Waals surface area contributed by atoms with Crippen LogP contribution in [-0.2, 0) is 23.1 Å². The standard InChI is InChI=1S/C20H21FN4O3/c1-12-17-9-15(10-22-18(17)25(4)23-12)20(27)28-13(2)19(26)24(3)11-14-6-5-7-16(21)8-14/h5-10,13H,11H2,1-4H3. The van der Waals surface area contributed by atoms with Crippen molar-refractivity contribution in [3.05, 3.63) is 59.2 Å². The van der Waals surface area contributed by atoms with Crippen molar-refractivity contribution in [3.8, 4) is 0 Å². The largest absolute Gasteiger partial charge is 0.449 e. The van der Waals surface area contributed by atoms with Gasteiger partial charge in [-0.2, -0.15) is 5.10 Å². The molecule has 3 aromatic rings. The van der Waals surface area contributed by atoms with Gasteiger partial charge in [-0.15, -0.1) is 0 Å². The molecule has 0 fully saturated rings. The zero-order valence-electron chi connectivity index (χ0n) is 16.1. The number of carbonyl (C=O) groups excluding carboxylic acids is 2. The summed E-state index contributed by atoms with van der Waals surface area (Å²) in [5, 5.41) is 5.01. The molecule has 8 heteroatoms. The molecule has 1 amide bonds. The molecule has 0 saturated heterocycles. The third-order valence-electron chi connectivity index (χ3n) is 4.42. The summed E-state index contributed by atoms with van der Waals surface area (Å²) in [7, 11) is 3.35. The van der Waals surface area contributed by atoms with Crippen LogP contribution in [0.4, 0.5) is 4.39 Å². The number of aryl methyl sites for hydroxylation is 2. The lowest BCUT2D eigenvalue weighted by atomic mass is 10.2. The van der Waals surface area contributed by atoms with Crippen LogP contribution in [0.15, 0.2) is 36.5 Å². The highest BCUT2D eigenvalue weighted by molar-refractivity contribution is 5.95. The molecular weight excluding hydrogens is 363 g/mol. The first-order valence-corrected chi connectivity index (χ1v) is 8.76. The molecule has 0 aliphatic rings. The van der Waals surface area contributed by atoms with E-state index in [9.17, 15) is 14.0 Å². The minimum absolute atomic E-state index is 0.209. The number of hydrogen-bond acceptors (Lipinski definition) is 5. The second-order valence-electron chi connectivity index (χ2n) is 6.68. The summed E-state index contributed by atoms with van der Waals surface area (Å²) in [6, 6.07) is 7.65. The number of esters is 1. The highest BCUT2D eigenvalue weighted by Crippen LogP contribution is 2.17. The number of amides is 1. The predicted molar refractivity (Wildman–Crippen MR) is 101 cm³/mol. The number of pyridine rings is 1. The van der Waals surface area contributed by atoms with Crippen molar-refractivity contribution in [2.45, 2.75) is 26.5 Å². The lowest BCUT2D eigenvalue weighted by Gasteiger charge is -2.21. The fourth-order valence-electron chi connectivity index (χ4n) is 3.00. The molecule has 0 spiro atoms. The summed E-state index contributed by atoms with van der Waals surface area (Å²) in [5.41, 5.74) is 2.30. The zero-order chi connectivity index (χ0) is 20.4. The number of halogens is 1. The van der Waals surface area contributed by atoms with Gasteiger partial charge in [0.1, 0.15) is 5.82 Å². The lowest BCUT2D eigenvalue weighted by molar-refractivity contribution is -0.139. The molecule has 0 aliphatic heterocycles. The van der Waals surface area contributed by atoms with Crippen molar-refractivity contribution in [1.82, 2.24) is 19.7 Å². The third kappa shape index (κ3) is 4.00. The number of hydrogen-bond donors (Lipinski definition) is 0. The second kappa shape index (κ2) is 7.75. The Morgan fingerprint density at radius 3 is 2.79 bits per heavy atom. The Hall–Kier alpha value is -3.29. The van der Waals surface area contributed by atoms with E-state index in [4.69, 9.17) is 4.74 Å². The highest BCUT2D eigenvalue weighted by Gasteiger charge is 2.23. The molecule has 0 bridgehead atoms. The average Bonchev–Trinajstić information content (AvgIpc) is 2.94. The van der Waals surface area contributed by atoms with Crippen molar-refractivity contribution in [2.75, 3.05) is 7.05 Å². The smallest absolute Gasteiger partial charge is 0.340 e. The summed E-state index contributed by atoms with van der Waals surface area (Å²) >= 11 is 0. The Morgan fingerprint density at radius 2 is 2.07 bits per heavy atom. The molecule has 0 radical (unpaired) electrons. The van der Waals surface area contributed by atoms with Gasteiger partial charge in [0.2, 0.25) is 0 Å². The Balaban J connectivity index is 1.67. The Morgan fingerprint density at radius 1 is 1.32 bits per heavy atom. The summed E-state index contributed by atoms with van der Waals surface area (Å²) in [6.07, 6.45) is 0.413. The number of ether oxygens (including phenoxy) is 1. The van der Waals surface area contributed by atoms with Gasteiger partial charge in [-0.3, -0.25) is 9.48 Å². The van der Waals surface area contributed by atoms with Gasteiger partial charge >= 0.3 is 5.97 Å². The first-order valence-electron chi connectivity index (χ1n) is 8.76. The minimum Gasteiger partial charge on any atom is -0.449 e. The van der Waals surface area contributed by atoms with Gasteiger partial charge in [0.25, 0.3) is 5.91 Å². The van der Waals surface area contributed by atoms with Crippen molar-refractivity contribution in [3.63, 3.8) is 0 Å². The molecule has 1 aromatic carbocycles. The molecule has 1 unspecified atom stereocenters. The molecule has 28 heavy (non-hydrogen) atoms. The van der Waals surface area contributed by atoms with Crippen LogP contribution < -0.4 is 0 Å². The zero-order valence-corrected chi connectivity index (χ0v) is 16.1. The summed E-state index contributed by atoms with van der Waals surface area (Å²) < 4.78 is 20.2. The fraction of sp³-hybridized carbons (Fsp3) is 0.300. The highest BCUT2D eigenvalue weighted by atomic mass is 19.1. The van der Waals surface area contributed by atoms with E-state index in [0.717, 1.165) is 11.1 Å². The van der Waals surface area contributed by atoms with E-state index in [2.05, 4.69) is 10.1 Å². The Bertz CT molecular complexity index is 1050. The SMILES string of the molecule is Cc1nn(C)c2ncc(C(=O)OC(C)C(=O)N(C)Cc3cccc(F)c3)cc12. The normalized spacial score (nSPS) is 12.0. The van der Waals surface area contributed by atoms with Gasteiger partial charge in [-0.05, 0) is 37.6 Å². The predicted octanol–water partition coefficient (Wildman–Crippen LogP) is 2.62. The van der Waals surface area contributed by atoms with Crippen LogP contribution in [0, 0.1) is 12.7 Å². The number of rotatable bonds is 5. The van der Waals surface area contributed by atoms with E-state index >= 15 is 0 Å². The van der Waals surface area contributed by atoms with Gasteiger partial charge in [0.15, 0.2) is 11.8 Å². The summed E-state index contributed by atoms with van der Waals surface area (Å²) in [4.78, 5) is 30.6. The first kappa shape index (κ1) is 19.5. The third-order valence-corrected chi connectivity index (χ3v) is 4.42. The van der Waals surface area contributed by atoms with Gasteiger partial charge in [-0.25, -0.2) is 14.2 Å². The van der Waals surface area contributed by atoms with E-state index in [1.54, 1.807) is 37.0 Å². The first-order chi connectivity index (χ1) is 13.3. The maximum absolute atomic E-state index is 13.3. The fourth-order valence-corrected chi connectivity index (χ4v) is 3.00. The second-order valence-corrected chi connectivity index (χ2v) is 6.68. The van der Waals surface area contributed by atoms with Gasteiger partial charge < -0.3 is 9.64 Å². The molecular formula is C20H21FN4O3. The topological polar surface area (TPSA) is 77.3 Å². The van der Waals surface area contributed by atoms with Gasteiger partial charge in [0.05, 0.1) is 11.3 Å². The van der Waals surface area contributed by atoms with Crippen molar-refractivity contribution < 1.29 is 18.7 Å². The molecule has 2 aromatic heterocycles. The number of aromatic nitrogens is 3. The summed E-state index contributed by atoms with van der Waals surface area (Å²) in [6.45, 7) is 3.54. The molecule has 0 aliphatic carbocycles. The van der Waals surface area contributed by atoms with Crippen LogP contribution in [0.25, 0.3) is 11.0 Å². The van der Waals surface area contributed by atoms with Crippen LogP contribution >= 0.6 is 0 Å². The molecule has 1 atom stereocenters. The van der Waals surface area contributed by atoms with Crippen molar-refractivity contribution >= 4 is 22.9 Å². The van der Waals surface area contributed by atoms with Crippen LogP contribution in [-0.4, -0.2) is 44.7 Å². The monoisotopic (exact) mass is 384 g/mol. The maximum atomic E-state index is 13.3. The molecule has 2 heterocycles.